The number of amides is 2. The summed E-state index contributed by atoms with van der Waals surface area (Å²) in [6.07, 6.45) is 1.06. The van der Waals surface area contributed by atoms with Crippen molar-refractivity contribution in [2.75, 3.05) is 25.5 Å². The summed E-state index contributed by atoms with van der Waals surface area (Å²) in [4.78, 5) is 26.3. The van der Waals surface area contributed by atoms with Gasteiger partial charge in [-0.2, -0.15) is 0 Å². The molecule has 0 heterocycles. The molecular formula is C21H26N2O3. The maximum Gasteiger partial charge on any atom is 0.244 e. The molecular weight excluding hydrogens is 328 g/mol. The van der Waals surface area contributed by atoms with E-state index in [2.05, 4.69) is 5.32 Å². The average molecular weight is 354 g/mol. The van der Waals surface area contributed by atoms with Crippen molar-refractivity contribution in [3.63, 3.8) is 0 Å². The lowest BCUT2D eigenvalue weighted by atomic mass is 10.1. The van der Waals surface area contributed by atoms with Gasteiger partial charge in [-0.3, -0.25) is 9.59 Å². The van der Waals surface area contributed by atoms with E-state index in [1.807, 2.05) is 50.2 Å². The van der Waals surface area contributed by atoms with E-state index in [0.717, 1.165) is 5.56 Å². The second-order valence-electron chi connectivity index (χ2n) is 6.14. The van der Waals surface area contributed by atoms with Crippen molar-refractivity contribution in [2.24, 2.45) is 0 Å². The van der Waals surface area contributed by atoms with Crippen LogP contribution in [0.5, 0.6) is 5.75 Å². The zero-order valence-corrected chi connectivity index (χ0v) is 15.6. The van der Waals surface area contributed by atoms with Crippen molar-refractivity contribution in [3.05, 3.63) is 59.7 Å². The lowest BCUT2D eigenvalue weighted by Crippen LogP contribution is -2.38. The van der Waals surface area contributed by atoms with E-state index >= 15 is 0 Å². The van der Waals surface area contributed by atoms with Gasteiger partial charge in [0.2, 0.25) is 11.8 Å². The van der Waals surface area contributed by atoms with Crippen LogP contribution in [0, 0.1) is 6.92 Å². The molecule has 2 aromatic carbocycles. The number of carbonyl (C=O) groups is 2. The predicted molar refractivity (Wildman–Crippen MR) is 103 cm³/mol. The summed E-state index contributed by atoms with van der Waals surface area (Å²) >= 11 is 0. The number of carbonyl (C=O) groups excluding carboxylic acids is 2. The normalized spacial score (nSPS) is 10.3. The minimum Gasteiger partial charge on any atom is -0.495 e. The zero-order chi connectivity index (χ0) is 18.9. The van der Waals surface area contributed by atoms with Gasteiger partial charge in [-0.25, -0.2) is 0 Å². The Morgan fingerprint density at radius 3 is 2.42 bits per heavy atom. The van der Waals surface area contributed by atoms with E-state index in [1.165, 1.54) is 5.56 Å². The average Bonchev–Trinajstić information content (AvgIpc) is 2.65. The van der Waals surface area contributed by atoms with Gasteiger partial charge in [0.1, 0.15) is 5.75 Å². The fourth-order valence-corrected chi connectivity index (χ4v) is 2.65. The van der Waals surface area contributed by atoms with Gasteiger partial charge in [0, 0.05) is 13.0 Å². The Balaban J connectivity index is 1.89. The van der Waals surface area contributed by atoms with E-state index in [4.69, 9.17) is 4.74 Å². The van der Waals surface area contributed by atoms with Crippen molar-refractivity contribution < 1.29 is 14.3 Å². The highest BCUT2D eigenvalue weighted by Crippen LogP contribution is 2.22. The van der Waals surface area contributed by atoms with Gasteiger partial charge in [0.05, 0.1) is 19.3 Å². The molecule has 0 aromatic heterocycles. The quantitative estimate of drug-likeness (QED) is 0.790. The number of anilines is 1. The lowest BCUT2D eigenvalue weighted by molar-refractivity contribution is -0.134. The van der Waals surface area contributed by atoms with E-state index in [9.17, 15) is 9.59 Å². The molecule has 0 bridgehead atoms. The predicted octanol–water partition coefficient (Wildman–Crippen LogP) is 3.42. The van der Waals surface area contributed by atoms with E-state index < -0.39 is 0 Å². The minimum absolute atomic E-state index is 0.0248. The minimum atomic E-state index is -0.236. The number of likely N-dealkylation sites (N-methyl/N-ethyl adjacent to an activating group) is 1. The topological polar surface area (TPSA) is 58.6 Å². The highest BCUT2D eigenvalue weighted by atomic mass is 16.5. The van der Waals surface area contributed by atoms with Crippen LogP contribution in [-0.4, -0.2) is 36.9 Å². The van der Waals surface area contributed by atoms with Crippen molar-refractivity contribution >= 4 is 17.5 Å². The fraction of sp³-hybridized carbons (Fsp3) is 0.333. The number of methoxy groups -OCH3 is 1. The summed E-state index contributed by atoms with van der Waals surface area (Å²) in [6, 6.07) is 15.4. The molecule has 0 radical (unpaired) electrons. The molecule has 0 aliphatic rings. The van der Waals surface area contributed by atoms with Crippen LogP contribution in [0.15, 0.2) is 48.5 Å². The Morgan fingerprint density at radius 2 is 1.77 bits per heavy atom. The molecule has 2 aromatic rings. The Morgan fingerprint density at radius 1 is 1.08 bits per heavy atom. The largest absolute Gasteiger partial charge is 0.495 e. The first-order valence-corrected chi connectivity index (χ1v) is 8.79. The molecule has 0 fully saturated rings. The standard InChI is InChI=1S/C21H26N2O3/c1-4-23(21(25)14-13-17-11-9-16(2)10-12-17)15-20(24)22-18-7-5-6-8-19(18)26-3/h5-12H,4,13-15H2,1-3H3,(H,22,24). The first kappa shape index (κ1) is 19.5. The first-order valence-electron chi connectivity index (χ1n) is 8.79. The van der Waals surface area contributed by atoms with Crippen LogP contribution in [0.2, 0.25) is 0 Å². The number of benzene rings is 2. The van der Waals surface area contributed by atoms with Crippen LogP contribution in [0.3, 0.4) is 0 Å². The van der Waals surface area contributed by atoms with Crippen molar-refractivity contribution in [1.82, 2.24) is 4.90 Å². The molecule has 0 saturated carbocycles. The van der Waals surface area contributed by atoms with Crippen LogP contribution in [-0.2, 0) is 16.0 Å². The van der Waals surface area contributed by atoms with Crippen LogP contribution < -0.4 is 10.1 Å². The number of nitrogens with zero attached hydrogens (tertiary/aromatic N) is 1. The Labute approximate surface area is 155 Å². The summed E-state index contributed by atoms with van der Waals surface area (Å²) in [5.74, 6) is 0.331. The number of para-hydroxylation sites is 2. The van der Waals surface area contributed by atoms with E-state index in [1.54, 1.807) is 24.1 Å². The van der Waals surface area contributed by atoms with Crippen LogP contribution in [0.25, 0.3) is 0 Å². The number of aryl methyl sites for hydroxylation is 2. The van der Waals surface area contributed by atoms with Gasteiger partial charge in [-0.05, 0) is 38.0 Å². The van der Waals surface area contributed by atoms with E-state index in [0.29, 0.717) is 30.8 Å². The molecule has 1 N–H and O–H groups in total. The Kier molecular flexibility index (Phi) is 7.21. The Hall–Kier alpha value is -2.82. The third kappa shape index (κ3) is 5.62. The maximum atomic E-state index is 12.4. The highest BCUT2D eigenvalue weighted by molar-refractivity contribution is 5.95. The van der Waals surface area contributed by atoms with Gasteiger partial charge in [-0.1, -0.05) is 42.0 Å². The number of hydrogen-bond acceptors (Lipinski definition) is 3. The second-order valence-corrected chi connectivity index (χ2v) is 6.14. The van der Waals surface area contributed by atoms with Crippen molar-refractivity contribution in [3.8, 4) is 5.75 Å². The smallest absolute Gasteiger partial charge is 0.244 e. The molecule has 5 nitrogen and oxygen atoms in total. The van der Waals surface area contributed by atoms with Gasteiger partial charge >= 0.3 is 0 Å². The molecule has 5 heteroatoms. The molecule has 26 heavy (non-hydrogen) atoms. The fourth-order valence-electron chi connectivity index (χ4n) is 2.65. The van der Waals surface area contributed by atoms with Crippen LogP contribution >= 0.6 is 0 Å². The summed E-state index contributed by atoms with van der Waals surface area (Å²) in [5.41, 5.74) is 2.92. The number of rotatable bonds is 8. The zero-order valence-electron chi connectivity index (χ0n) is 15.6. The van der Waals surface area contributed by atoms with Gasteiger partial charge in [0.15, 0.2) is 0 Å². The third-order valence-corrected chi connectivity index (χ3v) is 4.20. The molecule has 2 rings (SSSR count). The molecule has 0 unspecified atom stereocenters. The summed E-state index contributed by atoms with van der Waals surface area (Å²) in [6.45, 7) is 4.43. The maximum absolute atomic E-state index is 12.4. The van der Waals surface area contributed by atoms with Gasteiger partial charge < -0.3 is 15.0 Å². The molecule has 0 atom stereocenters. The second kappa shape index (κ2) is 9.61. The molecule has 2 amide bonds. The van der Waals surface area contributed by atoms with Gasteiger partial charge in [0.25, 0.3) is 0 Å². The van der Waals surface area contributed by atoms with Crippen LogP contribution in [0.4, 0.5) is 5.69 Å². The summed E-state index contributed by atoms with van der Waals surface area (Å²) in [7, 11) is 1.55. The SMILES string of the molecule is CCN(CC(=O)Nc1ccccc1OC)C(=O)CCc1ccc(C)cc1. The van der Waals surface area contributed by atoms with Crippen LogP contribution in [0.1, 0.15) is 24.5 Å². The molecule has 0 aliphatic carbocycles. The molecule has 138 valence electrons. The van der Waals surface area contributed by atoms with Crippen molar-refractivity contribution in [2.45, 2.75) is 26.7 Å². The molecule has 0 saturated heterocycles. The monoisotopic (exact) mass is 354 g/mol. The Bertz CT molecular complexity index is 741. The van der Waals surface area contributed by atoms with Crippen molar-refractivity contribution in [1.29, 1.82) is 0 Å². The van der Waals surface area contributed by atoms with Gasteiger partial charge in [-0.15, -0.1) is 0 Å². The summed E-state index contributed by atoms with van der Waals surface area (Å²) < 4.78 is 5.23. The van der Waals surface area contributed by atoms with E-state index in [-0.39, 0.29) is 18.4 Å². The lowest BCUT2D eigenvalue weighted by Gasteiger charge is -2.21. The third-order valence-electron chi connectivity index (χ3n) is 4.20. The number of ether oxygens (including phenoxy) is 1. The highest BCUT2D eigenvalue weighted by Gasteiger charge is 2.16. The first-order chi connectivity index (χ1) is 12.5. The number of hydrogen-bond donors (Lipinski definition) is 1. The molecule has 0 spiro atoms. The molecule has 0 aliphatic heterocycles. The number of nitrogens with one attached hydrogen (secondary N) is 1. The summed E-state index contributed by atoms with van der Waals surface area (Å²) in [5, 5.41) is 2.80.